The minimum atomic E-state index is -0.364. The Bertz CT molecular complexity index is 1130. The topological polar surface area (TPSA) is 101 Å². The molecule has 0 atom stereocenters. The van der Waals surface area contributed by atoms with Crippen LogP contribution in [0.15, 0.2) is 47.2 Å². The predicted molar refractivity (Wildman–Crippen MR) is 105 cm³/mol. The number of pyridine rings is 1. The van der Waals surface area contributed by atoms with E-state index in [9.17, 15) is 4.79 Å². The number of nitrogens with one attached hydrogen (secondary N) is 2. The van der Waals surface area contributed by atoms with Gasteiger partial charge in [0.05, 0.1) is 11.0 Å². The minimum absolute atomic E-state index is 0.199. The van der Waals surface area contributed by atoms with Gasteiger partial charge in [0.1, 0.15) is 17.8 Å². The van der Waals surface area contributed by atoms with Gasteiger partial charge in [-0.25, -0.2) is 9.97 Å². The molecule has 0 fully saturated rings. The molecule has 4 rings (SSSR count). The number of benzene rings is 1. The normalized spacial score (nSPS) is 11.3. The summed E-state index contributed by atoms with van der Waals surface area (Å²) in [5.74, 6) is 0.921. The maximum absolute atomic E-state index is 12.6. The van der Waals surface area contributed by atoms with Crippen molar-refractivity contribution in [2.45, 2.75) is 19.9 Å². The molecule has 0 unspecified atom stereocenters. The molecule has 0 saturated heterocycles. The van der Waals surface area contributed by atoms with Crippen LogP contribution in [0.2, 0.25) is 0 Å². The molecule has 0 aliphatic heterocycles. The molecule has 1 aromatic carbocycles. The molecule has 0 radical (unpaired) electrons. The van der Waals surface area contributed by atoms with Gasteiger partial charge in [0, 0.05) is 10.5 Å². The molecule has 3 aromatic heterocycles. The highest BCUT2D eigenvalue weighted by molar-refractivity contribution is 9.10. The van der Waals surface area contributed by atoms with Gasteiger partial charge in [-0.2, -0.15) is 0 Å². The Morgan fingerprint density at radius 3 is 2.89 bits per heavy atom. The second-order valence-corrected chi connectivity index (χ2v) is 7.18. The lowest BCUT2D eigenvalue weighted by molar-refractivity contribution is 0.101. The van der Waals surface area contributed by atoms with E-state index in [1.807, 2.05) is 48.7 Å². The number of fused-ring (bicyclic) bond motifs is 1. The molecule has 2 N–H and O–H groups in total. The summed E-state index contributed by atoms with van der Waals surface area (Å²) in [5.41, 5.74) is 2.13. The fourth-order valence-corrected chi connectivity index (χ4v) is 3.06. The van der Waals surface area contributed by atoms with E-state index in [0.717, 1.165) is 15.5 Å². The zero-order valence-electron chi connectivity index (χ0n) is 14.6. The van der Waals surface area contributed by atoms with Gasteiger partial charge >= 0.3 is 0 Å². The first-order valence-electron chi connectivity index (χ1n) is 8.35. The van der Waals surface area contributed by atoms with Crippen molar-refractivity contribution >= 4 is 38.7 Å². The van der Waals surface area contributed by atoms with Crippen LogP contribution >= 0.6 is 15.9 Å². The van der Waals surface area contributed by atoms with Gasteiger partial charge in [0.15, 0.2) is 11.6 Å². The molecule has 3 heterocycles. The number of rotatable bonds is 4. The van der Waals surface area contributed by atoms with Crippen LogP contribution < -0.4 is 5.32 Å². The highest BCUT2D eigenvalue weighted by Crippen LogP contribution is 2.21. The van der Waals surface area contributed by atoms with Gasteiger partial charge < -0.3 is 14.9 Å². The second kappa shape index (κ2) is 6.92. The van der Waals surface area contributed by atoms with Crippen molar-refractivity contribution in [3.8, 4) is 11.5 Å². The number of anilines is 1. The maximum atomic E-state index is 12.6. The number of hydrogen-bond acceptors (Lipinski definition) is 5. The molecule has 8 nitrogen and oxygen atoms in total. The van der Waals surface area contributed by atoms with Gasteiger partial charge in [-0.15, -0.1) is 10.2 Å². The van der Waals surface area contributed by atoms with Gasteiger partial charge in [-0.05, 0) is 44.2 Å². The van der Waals surface area contributed by atoms with Crippen molar-refractivity contribution < 1.29 is 4.79 Å². The summed E-state index contributed by atoms with van der Waals surface area (Å²) >= 11 is 3.40. The van der Waals surface area contributed by atoms with Crippen LogP contribution in [-0.2, 0) is 0 Å². The molecular formula is C18H16BrN7O. The van der Waals surface area contributed by atoms with Crippen molar-refractivity contribution in [2.24, 2.45) is 0 Å². The molecule has 1 amide bonds. The second-order valence-electron chi connectivity index (χ2n) is 6.26. The van der Waals surface area contributed by atoms with Crippen LogP contribution in [0.1, 0.15) is 30.5 Å². The van der Waals surface area contributed by atoms with Crippen LogP contribution in [-0.4, -0.2) is 35.6 Å². The number of carbonyl (C=O) groups is 1. The third-order valence-electron chi connectivity index (χ3n) is 4.01. The van der Waals surface area contributed by atoms with E-state index in [4.69, 9.17) is 0 Å². The number of halogens is 1. The van der Waals surface area contributed by atoms with Crippen LogP contribution in [0, 0.1) is 0 Å². The summed E-state index contributed by atoms with van der Waals surface area (Å²) in [7, 11) is 0. The zero-order valence-corrected chi connectivity index (χ0v) is 16.2. The molecule has 0 spiro atoms. The summed E-state index contributed by atoms with van der Waals surface area (Å²) in [6.07, 6.45) is 1.67. The highest BCUT2D eigenvalue weighted by atomic mass is 79.9. The minimum Gasteiger partial charge on any atom is -0.334 e. The summed E-state index contributed by atoms with van der Waals surface area (Å²) in [5, 5.41) is 10.9. The largest absolute Gasteiger partial charge is 0.334 e. The Morgan fingerprint density at radius 1 is 1.22 bits per heavy atom. The predicted octanol–water partition coefficient (Wildman–Crippen LogP) is 3.81. The zero-order chi connectivity index (χ0) is 19.0. The van der Waals surface area contributed by atoms with E-state index in [1.54, 1.807) is 12.4 Å². The number of hydrogen-bond donors (Lipinski definition) is 2. The first kappa shape index (κ1) is 17.3. The Labute approximate surface area is 163 Å². The molecular weight excluding hydrogens is 410 g/mol. The number of aromatic nitrogens is 6. The number of amides is 1. The fourth-order valence-electron chi connectivity index (χ4n) is 2.70. The van der Waals surface area contributed by atoms with Crippen LogP contribution in [0.4, 0.5) is 5.82 Å². The summed E-state index contributed by atoms with van der Waals surface area (Å²) < 4.78 is 2.83. The lowest BCUT2D eigenvalue weighted by atomic mass is 10.3. The fraction of sp³-hybridized carbons (Fsp3) is 0.167. The average Bonchev–Trinajstić information content (AvgIpc) is 3.28. The molecule has 136 valence electrons. The standard InChI is InChI=1S/C18H16BrN7O/c1-10(2)26-9-20-25-17(26)13-4-3-5-15(21-13)24-18(27)16-22-12-7-6-11(19)8-14(12)23-16/h3-10H,1-2H3,(H,22,23)(H,21,24,27). The van der Waals surface area contributed by atoms with Gasteiger partial charge in [-0.1, -0.05) is 22.0 Å². The third-order valence-corrected chi connectivity index (χ3v) is 4.50. The van der Waals surface area contributed by atoms with Crippen LogP contribution in [0.25, 0.3) is 22.6 Å². The van der Waals surface area contributed by atoms with Crippen molar-refractivity contribution in [2.75, 3.05) is 5.32 Å². The van der Waals surface area contributed by atoms with Crippen molar-refractivity contribution in [1.82, 2.24) is 29.7 Å². The Balaban J connectivity index is 1.60. The smallest absolute Gasteiger partial charge is 0.292 e. The van der Waals surface area contributed by atoms with Crippen molar-refractivity contribution in [1.29, 1.82) is 0 Å². The van der Waals surface area contributed by atoms with E-state index in [-0.39, 0.29) is 17.8 Å². The lowest BCUT2D eigenvalue weighted by Crippen LogP contribution is -2.15. The molecule has 0 aliphatic rings. The van der Waals surface area contributed by atoms with Crippen molar-refractivity contribution in [3.05, 3.63) is 53.0 Å². The van der Waals surface area contributed by atoms with E-state index in [2.05, 4.69) is 46.4 Å². The number of nitrogens with zero attached hydrogens (tertiary/aromatic N) is 5. The Morgan fingerprint density at radius 2 is 2.07 bits per heavy atom. The van der Waals surface area contributed by atoms with E-state index < -0.39 is 0 Å². The molecule has 0 aliphatic carbocycles. The van der Waals surface area contributed by atoms with Crippen molar-refractivity contribution in [3.63, 3.8) is 0 Å². The van der Waals surface area contributed by atoms with E-state index in [1.165, 1.54) is 0 Å². The monoisotopic (exact) mass is 425 g/mol. The van der Waals surface area contributed by atoms with Crippen LogP contribution in [0.3, 0.4) is 0 Å². The quantitative estimate of drug-likeness (QED) is 0.517. The number of imidazole rings is 1. The first-order chi connectivity index (χ1) is 13.0. The van der Waals surface area contributed by atoms with Crippen LogP contribution in [0.5, 0.6) is 0 Å². The molecule has 0 bridgehead atoms. The summed E-state index contributed by atoms with van der Waals surface area (Å²) in [6.45, 7) is 4.08. The molecule has 27 heavy (non-hydrogen) atoms. The van der Waals surface area contributed by atoms with E-state index in [0.29, 0.717) is 17.3 Å². The molecule has 9 heteroatoms. The molecule has 0 saturated carbocycles. The van der Waals surface area contributed by atoms with Gasteiger partial charge in [0.25, 0.3) is 5.91 Å². The lowest BCUT2D eigenvalue weighted by Gasteiger charge is -2.10. The van der Waals surface area contributed by atoms with Gasteiger partial charge in [-0.3, -0.25) is 4.79 Å². The third kappa shape index (κ3) is 3.45. The first-order valence-corrected chi connectivity index (χ1v) is 9.14. The SMILES string of the molecule is CC(C)n1cnnc1-c1cccc(NC(=O)c2nc3ccc(Br)cc3[nH]2)n1. The maximum Gasteiger partial charge on any atom is 0.292 e. The summed E-state index contributed by atoms with van der Waals surface area (Å²) in [4.78, 5) is 24.4. The number of carbonyl (C=O) groups excluding carboxylic acids is 1. The Kier molecular flexibility index (Phi) is 4.44. The summed E-state index contributed by atoms with van der Waals surface area (Å²) in [6, 6.07) is 11.1. The molecule has 4 aromatic rings. The Hall–Kier alpha value is -3.07. The number of H-pyrrole nitrogens is 1. The van der Waals surface area contributed by atoms with E-state index >= 15 is 0 Å². The van der Waals surface area contributed by atoms with Gasteiger partial charge in [0.2, 0.25) is 0 Å². The highest BCUT2D eigenvalue weighted by Gasteiger charge is 2.15. The number of aromatic amines is 1. The average molecular weight is 426 g/mol.